The molecule has 424 valence electrons. The van der Waals surface area contributed by atoms with Gasteiger partial charge in [-0.25, -0.2) is 0 Å². The SMILES string of the molecule is CC1(C)[C@@H](O[C@@H]2OC[C@H](O[C@@H]3O[C@H](CO)[C@@H](O)[C@H](O)[C@H]3O[C@@H]3OC[C@@H](O)[C@H](O)[C@H]3O)[C@H](O)[C@H]2O[C@@H]2O[C@H](CO)[C@@H](O)[C@H](O)[C@H]2O)CC[C@@]2(C)[C@H]3CC[C@]45OC[C@@]6(CC[C@](C)(C=O)C[C@H]64)[C@H](O)C[C@@]5(C)[C@]3(C)CC[C@@H]12. The standard InChI is InChI=1S/C52H84O22/c1-46(2)27-7-11-49(5)28(8-12-52-29-15-47(3,21-55)13-14-51(29,22-68-52)30(57)16-50(49,52)6)48(27,4)10-9-31(46)72-44-40(74-43-39(65)36(62)33(59)24(17-53)69-43)35(61)26(20-67-44)71-45-41(37(63)34(60)25(18-54)70-45)73-42-38(64)32(58)23(56)19-66-42/h21,23-45,53-54,56-65H,7-20,22H2,1-6H3/t23-,24-,25-,26+,27+,28-,29-,30-,31+,32+,33-,34-,35+,36+,37+,38-,39-,40-,41-,42+,43+,44+,45+,47+,48-,49-,50+,51-,52+/m1/s1. The van der Waals surface area contributed by atoms with Gasteiger partial charge >= 0.3 is 0 Å². The summed E-state index contributed by atoms with van der Waals surface area (Å²) in [6.07, 6.45) is -22.1. The number of carbonyl (C=O) groups excluding carboxylic acids is 1. The van der Waals surface area contributed by atoms with Crippen LogP contribution in [0.5, 0.6) is 0 Å². The van der Waals surface area contributed by atoms with Gasteiger partial charge in [0.15, 0.2) is 25.2 Å². The van der Waals surface area contributed by atoms with Gasteiger partial charge in [0.2, 0.25) is 0 Å². The van der Waals surface area contributed by atoms with E-state index >= 15 is 0 Å². The molecule has 2 bridgehead atoms. The van der Waals surface area contributed by atoms with Gasteiger partial charge in [-0.2, -0.15) is 0 Å². The van der Waals surface area contributed by atoms with Crippen LogP contribution in [0.1, 0.15) is 106 Å². The molecule has 5 aliphatic heterocycles. The third-order valence-electron chi connectivity index (χ3n) is 22.0. The Labute approximate surface area is 431 Å². The predicted octanol–water partition coefficient (Wildman–Crippen LogP) is -1.89. The number of aliphatic hydroxyl groups is 12. The van der Waals surface area contributed by atoms with E-state index in [-0.39, 0.29) is 39.4 Å². The predicted molar refractivity (Wildman–Crippen MR) is 251 cm³/mol. The fourth-order valence-corrected chi connectivity index (χ4v) is 17.4. The second-order valence-corrected chi connectivity index (χ2v) is 25.8. The molecule has 12 N–H and O–H groups in total. The van der Waals surface area contributed by atoms with Crippen LogP contribution in [-0.2, 0) is 47.4 Å². The Morgan fingerprint density at radius 2 is 1.18 bits per heavy atom. The Kier molecular flexibility index (Phi) is 15.0. The van der Waals surface area contributed by atoms with Gasteiger partial charge in [0, 0.05) is 16.2 Å². The second kappa shape index (κ2) is 19.8. The summed E-state index contributed by atoms with van der Waals surface area (Å²) < 4.78 is 55.9. The highest BCUT2D eigenvalue weighted by Gasteiger charge is 2.80. The molecule has 0 amide bonds. The smallest absolute Gasteiger partial charge is 0.187 e. The maximum absolute atomic E-state index is 12.6. The lowest BCUT2D eigenvalue weighted by atomic mass is 9.30. The highest BCUT2D eigenvalue weighted by molar-refractivity contribution is 5.59. The molecule has 0 aromatic heterocycles. The number of ether oxygens (including phenoxy) is 9. The first kappa shape index (κ1) is 56.1. The van der Waals surface area contributed by atoms with Crippen LogP contribution in [0, 0.1) is 50.2 Å². The molecule has 22 nitrogen and oxygen atoms in total. The molecule has 10 aliphatic rings. The minimum atomic E-state index is -1.89. The number of hydrogen-bond donors (Lipinski definition) is 12. The molecule has 0 radical (unpaired) electrons. The number of rotatable bonds is 11. The second-order valence-electron chi connectivity index (χ2n) is 25.8. The first-order valence-corrected chi connectivity index (χ1v) is 27.1. The van der Waals surface area contributed by atoms with Gasteiger partial charge in [-0.3, -0.25) is 0 Å². The van der Waals surface area contributed by atoms with Crippen molar-refractivity contribution in [3.8, 4) is 0 Å². The van der Waals surface area contributed by atoms with E-state index in [0.717, 1.165) is 51.2 Å². The van der Waals surface area contributed by atoms with E-state index < -0.39 is 166 Å². The molecule has 1 spiro atoms. The zero-order valence-corrected chi connectivity index (χ0v) is 43.4. The summed E-state index contributed by atoms with van der Waals surface area (Å²) in [5, 5.41) is 130. The Morgan fingerprint density at radius 3 is 1.86 bits per heavy atom. The van der Waals surface area contributed by atoms with Crippen LogP contribution in [0.3, 0.4) is 0 Å². The van der Waals surface area contributed by atoms with Crippen LogP contribution in [0.2, 0.25) is 0 Å². The summed E-state index contributed by atoms with van der Waals surface area (Å²) in [5.41, 5.74) is -2.57. The van der Waals surface area contributed by atoms with E-state index in [9.17, 15) is 66.1 Å². The highest BCUT2D eigenvalue weighted by atomic mass is 16.8. The normalized spacial score (nSPS) is 58.1. The molecular weight excluding hydrogens is 977 g/mol. The third-order valence-corrected chi connectivity index (χ3v) is 22.0. The zero-order valence-electron chi connectivity index (χ0n) is 43.4. The fraction of sp³-hybridized carbons (Fsp3) is 0.981. The van der Waals surface area contributed by atoms with Crippen LogP contribution in [0.25, 0.3) is 0 Å². The van der Waals surface area contributed by atoms with Crippen molar-refractivity contribution in [2.75, 3.05) is 33.0 Å². The number of fused-ring (bicyclic) bond motifs is 4. The molecule has 0 aromatic rings. The Morgan fingerprint density at radius 1 is 0.554 bits per heavy atom. The van der Waals surface area contributed by atoms with Gasteiger partial charge < -0.3 is 109 Å². The Balaban J connectivity index is 0.901. The van der Waals surface area contributed by atoms with Gasteiger partial charge in [0.05, 0.1) is 50.8 Å². The number of aliphatic hydroxyl groups excluding tert-OH is 12. The van der Waals surface area contributed by atoms with Crippen molar-refractivity contribution < 1.29 is 109 Å². The third kappa shape index (κ3) is 8.31. The summed E-state index contributed by atoms with van der Waals surface area (Å²) in [4.78, 5) is 12.6. The fourth-order valence-electron chi connectivity index (χ4n) is 17.4. The number of hydrogen-bond acceptors (Lipinski definition) is 22. The molecule has 22 heteroatoms. The Hall–Kier alpha value is -1.17. The molecule has 5 heterocycles. The lowest BCUT2D eigenvalue weighted by molar-refractivity contribution is -0.392. The minimum Gasteiger partial charge on any atom is -0.394 e. The molecule has 29 atom stereocenters. The van der Waals surface area contributed by atoms with Crippen LogP contribution < -0.4 is 0 Å². The molecule has 74 heavy (non-hydrogen) atoms. The van der Waals surface area contributed by atoms with Crippen molar-refractivity contribution in [1.82, 2.24) is 0 Å². The van der Waals surface area contributed by atoms with Crippen molar-refractivity contribution >= 4 is 6.29 Å². The lowest BCUT2D eigenvalue weighted by Gasteiger charge is -2.75. The van der Waals surface area contributed by atoms with Gasteiger partial charge in [0.1, 0.15) is 91.7 Å². The van der Waals surface area contributed by atoms with Gasteiger partial charge in [-0.1, -0.05) is 41.5 Å². The first-order chi connectivity index (χ1) is 34.8. The first-order valence-electron chi connectivity index (χ1n) is 27.1. The molecule has 0 aromatic carbocycles. The zero-order chi connectivity index (χ0) is 53.5. The lowest BCUT2D eigenvalue weighted by Crippen LogP contribution is -2.74. The van der Waals surface area contributed by atoms with E-state index in [0.29, 0.717) is 25.9 Å². The van der Waals surface area contributed by atoms with Crippen LogP contribution in [-0.4, -0.2) is 229 Å². The summed E-state index contributed by atoms with van der Waals surface area (Å²) in [5.74, 6) is 0.456. The molecule has 5 aliphatic carbocycles. The quantitative estimate of drug-likeness (QED) is 0.0795. The van der Waals surface area contributed by atoms with Crippen LogP contribution >= 0.6 is 0 Å². The molecule has 10 fully saturated rings. The van der Waals surface area contributed by atoms with Gasteiger partial charge in [-0.15, -0.1) is 0 Å². The monoisotopic (exact) mass is 1060 g/mol. The maximum Gasteiger partial charge on any atom is 0.187 e. The summed E-state index contributed by atoms with van der Waals surface area (Å²) in [7, 11) is 0. The minimum absolute atomic E-state index is 0.0727. The van der Waals surface area contributed by atoms with E-state index in [1.807, 2.05) is 0 Å². The number of aldehydes is 1. The van der Waals surface area contributed by atoms with Crippen molar-refractivity contribution in [3.63, 3.8) is 0 Å². The van der Waals surface area contributed by atoms with Crippen molar-refractivity contribution in [2.45, 2.75) is 234 Å². The van der Waals surface area contributed by atoms with Crippen molar-refractivity contribution in [2.24, 2.45) is 50.2 Å². The topological polar surface area (TPSA) is 343 Å². The van der Waals surface area contributed by atoms with E-state index in [2.05, 4.69) is 41.5 Å². The molecule has 5 saturated heterocycles. The van der Waals surface area contributed by atoms with E-state index in [1.54, 1.807) is 0 Å². The largest absolute Gasteiger partial charge is 0.394 e. The average Bonchev–Trinajstić information content (AvgIpc) is 3.65. The highest BCUT2D eigenvalue weighted by Crippen LogP contribution is 2.80. The number of carbonyl (C=O) groups is 1. The molecular formula is C52H84O22. The van der Waals surface area contributed by atoms with Crippen LogP contribution in [0.4, 0.5) is 0 Å². The van der Waals surface area contributed by atoms with Gasteiger partial charge in [0.25, 0.3) is 0 Å². The molecule has 0 unspecified atom stereocenters. The van der Waals surface area contributed by atoms with E-state index in [1.165, 1.54) is 0 Å². The summed E-state index contributed by atoms with van der Waals surface area (Å²) in [6, 6.07) is 0. The molecule has 10 rings (SSSR count). The van der Waals surface area contributed by atoms with Crippen molar-refractivity contribution in [1.29, 1.82) is 0 Å². The summed E-state index contributed by atoms with van der Waals surface area (Å²) >= 11 is 0. The Bertz CT molecular complexity index is 2020. The average molecular weight is 1060 g/mol. The van der Waals surface area contributed by atoms with Gasteiger partial charge in [-0.05, 0) is 98.2 Å². The summed E-state index contributed by atoms with van der Waals surface area (Å²) in [6.45, 7) is 11.7. The maximum atomic E-state index is 12.6. The van der Waals surface area contributed by atoms with E-state index in [4.69, 9.17) is 42.6 Å². The van der Waals surface area contributed by atoms with Crippen molar-refractivity contribution in [3.05, 3.63) is 0 Å². The molecule has 5 saturated carbocycles. The van der Waals surface area contributed by atoms with Crippen LogP contribution in [0.15, 0.2) is 0 Å².